The van der Waals surface area contributed by atoms with Crippen molar-refractivity contribution >= 4 is 60.5 Å². The molecular formula is C53H34N4O. The minimum atomic E-state index is 0.577. The molecule has 272 valence electrons. The number of rotatable bonds is 7. The Morgan fingerprint density at radius 3 is 1.43 bits per heavy atom. The van der Waals surface area contributed by atoms with Crippen LogP contribution in [0.1, 0.15) is 0 Å². The Hall–Kier alpha value is -7.89. The Balaban J connectivity index is 1.05. The number of nitrogens with zero attached hydrogens (tertiary/aromatic N) is 4. The first kappa shape index (κ1) is 33.4. The van der Waals surface area contributed by atoms with Gasteiger partial charge < -0.3 is 9.32 Å². The van der Waals surface area contributed by atoms with Crippen molar-refractivity contribution in [3.63, 3.8) is 0 Å². The summed E-state index contributed by atoms with van der Waals surface area (Å²) >= 11 is 0. The molecule has 5 nitrogen and oxygen atoms in total. The predicted molar refractivity (Wildman–Crippen MR) is 239 cm³/mol. The molecule has 0 spiro atoms. The normalized spacial score (nSPS) is 11.4. The molecule has 0 unspecified atom stereocenters. The highest BCUT2D eigenvalue weighted by Crippen LogP contribution is 2.43. The van der Waals surface area contributed by atoms with Crippen molar-refractivity contribution in [2.75, 3.05) is 4.90 Å². The maximum atomic E-state index is 6.88. The average Bonchev–Trinajstić information content (AvgIpc) is 3.68. The fourth-order valence-corrected chi connectivity index (χ4v) is 7.96. The van der Waals surface area contributed by atoms with Crippen LogP contribution in [0.25, 0.3) is 88.8 Å². The highest BCUT2D eigenvalue weighted by molar-refractivity contribution is 6.11. The van der Waals surface area contributed by atoms with E-state index in [4.69, 9.17) is 19.4 Å². The standard InChI is InChI=1S/C53H34N4O/c1-3-12-35(13-4-1)38-26-29-45(30-27-38)57(44-18-5-2-6-19-44)48-21-11-20-47-46-31-28-43(34-49(46)58-50(47)48)53-55-51(41-24-22-36-14-7-9-16-39(36)32-41)54-52(56-53)42-25-23-37-15-8-10-17-40(37)33-42/h1-34H. The van der Waals surface area contributed by atoms with Crippen LogP contribution in [-0.2, 0) is 0 Å². The van der Waals surface area contributed by atoms with Crippen molar-refractivity contribution in [1.29, 1.82) is 0 Å². The van der Waals surface area contributed by atoms with E-state index < -0.39 is 0 Å². The smallest absolute Gasteiger partial charge is 0.164 e. The maximum Gasteiger partial charge on any atom is 0.164 e. The Morgan fingerprint density at radius 2 is 0.810 bits per heavy atom. The Bertz CT molecular complexity index is 3190. The van der Waals surface area contributed by atoms with Gasteiger partial charge in [0, 0.05) is 38.8 Å². The second-order valence-corrected chi connectivity index (χ2v) is 14.5. The van der Waals surface area contributed by atoms with Gasteiger partial charge in [0.25, 0.3) is 0 Å². The molecule has 11 rings (SSSR count). The van der Waals surface area contributed by atoms with Gasteiger partial charge in [0.2, 0.25) is 0 Å². The zero-order valence-electron chi connectivity index (χ0n) is 31.3. The van der Waals surface area contributed by atoms with E-state index in [1.165, 1.54) is 16.3 Å². The van der Waals surface area contributed by atoms with Gasteiger partial charge in [-0.2, -0.15) is 0 Å². The second kappa shape index (κ2) is 14.0. The van der Waals surface area contributed by atoms with Gasteiger partial charge in [-0.05, 0) is 87.3 Å². The van der Waals surface area contributed by atoms with Gasteiger partial charge in [0.05, 0.1) is 5.69 Å². The third kappa shape index (κ3) is 6.03. The van der Waals surface area contributed by atoms with E-state index in [1.54, 1.807) is 0 Å². The zero-order valence-corrected chi connectivity index (χ0v) is 31.3. The number of hydrogen-bond donors (Lipinski definition) is 0. The summed E-state index contributed by atoms with van der Waals surface area (Å²) in [6.45, 7) is 0. The molecule has 58 heavy (non-hydrogen) atoms. The minimum absolute atomic E-state index is 0.577. The van der Waals surface area contributed by atoms with E-state index in [0.29, 0.717) is 17.5 Å². The molecule has 0 aliphatic rings. The highest BCUT2D eigenvalue weighted by Gasteiger charge is 2.21. The number of hydrogen-bond acceptors (Lipinski definition) is 5. The zero-order chi connectivity index (χ0) is 38.4. The highest BCUT2D eigenvalue weighted by atomic mass is 16.3. The van der Waals surface area contributed by atoms with Crippen LogP contribution >= 0.6 is 0 Å². The van der Waals surface area contributed by atoms with Crippen molar-refractivity contribution in [1.82, 2.24) is 15.0 Å². The van der Waals surface area contributed by atoms with Crippen LogP contribution in [0, 0.1) is 0 Å². The fraction of sp³-hybridized carbons (Fsp3) is 0. The molecule has 0 saturated heterocycles. The molecule has 0 aliphatic heterocycles. The molecule has 0 atom stereocenters. The number of anilines is 3. The van der Waals surface area contributed by atoms with Crippen LogP contribution in [0.15, 0.2) is 211 Å². The van der Waals surface area contributed by atoms with E-state index in [2.05, 4.69) is 199 Å². The summed E-state index contributed by atoms with van der Waals surface area (Å²) in [4.78, 5) is 17.6. The van der Waals surface area contributed by atoms with Crippen LogP contribution in [-0.4, -0.2) is 15.0 Å². The maximum absolute atomic E-state index is 6.88. The molecule has 9 aromatic carbocycles. The number of aromatic nitrogens is 3. The minimum Gasteiger partial charge on any atom is -0.454 e. The number of benzene rings is 9. The molecule has 0 aliphatic carbocycles. The van der Waals surface area contributed by atoms with Gasteiger partial charge in [0.15, 0.2) is 23.1 Å². The van der Waals surface area contributed by atoms with Crippen LogP contribution in [0.3, 0.4) is 0 Å². The first-order chi connectivity index (χ1) is 28.7. The molecular weight excluding hydrogens is 709 g/mol. The molecule has 0 amide bonds. The van der Waals surface area contributed by atoms with Crippen LogP contribution in [0.5, 0.6) is 0 Å². The third-order valence-corrected chi connectivity index (χ3v) is 10.9. The summed E-state index contributed by atoms with van der Waals surface area (Å²) in [6, 6.07) is 71.7. The Morgan fingerprint density at radius 1 is 0.328 bits per heavy atom. The number of fused-ring (bicyclic) bond motifs is 5. The molecule has 2 aromatic heterocycles. The van der Waals surface area contributed by atoms with Crippen molar-refractivity contribution in [2.45, 2.75) is 0 Å². The lowest BCUT2D eigenvalue weighted by Gasteiger charge is -2.25. The lowest BCUT2D eigenvalue weighted by Crippen LogP contribution is -2.10. The molecule has 5 heteroatoms. The van der Waals surface area contributed by atoms with Gasteiger partial charge >= 0.3 is 0 Å². The van der Waals surface area contributed by atoms with Crippen LogP contribution in [0.2, 0.25) is 0 Å². The summed E-state index contributed by atoms with van der Waals surface area (Å²) in [7, 11) is 0. The molecule has 0 bridgehead atoms. The van der Waals surface area contributed by atoms with E-state index in [-0.39, 0.29) is 0 Å². The van der Waals surface area contributed by atoms with Gasteiger partial charge in [-0.1, -0.05) is 152 Å². The first-order valence-corrected chi connectivity index (χ1v) is 19.4. The molecule has 2 heterocycles. The SMILES string of the molecule is c1ccc(-c2ccc(N(c3ccccc3)c3cccc4c3oc3cc(-c5nc(-c6ccc7ccccc7c6)nc(-c6ccc7ccccc7c6)n5)ccc34)cc2)cc1. The Kier molecular flexibility index (Phi) is 8.07. The van der Waals surface area contributed by atoms with Gasteiger partial charge in [-0.15, -0.1) is 0 Å². The van der Waals surface area contributed by atoms with Gasteiger partial charge in [-0.3, -0.25) is 0 Å². The monoisotopic (exact) mass is 742 g/mol. The molecule has 0 fully saturated rings. The Labute approximate surface area is 335 Å². The van der Waals surface area contributed by atoms with Gasteiger partial charge in [0.1, 0.15) is 5.58 Å². The predicted octanol–water partition coefficient (Wildman–Crippen LogP) is 14.2. The third-order valence-electron chi connectivity index (χ3n) is 10.9. The fourth-order valence-electron chi connectivity index (χ4n) is 7.96. The largest absolute Gasteiger partial charge is 0.454 e. The number of para-hydroxylation sites is 2. The van der Waals surface area contributed by atoms with Crippen molar-refractivity contribution in [3.05, 3.63) is 206 Å². The van der Waals surface area contributed by atoms with Crippen LogP contribution in [0.4, 0.5) is 17.1 Å². The van der Waals surface area contributed by atoms with E-state index in [0.717, 1.165) is 72.0 Å². The summed E-state index contributed by atoms with van der Waals surface area (Å²) in [5.74, 6) is 1.80. The van der Waals surface area contributed by atoms with Crippen molar-refractivity contribution in [3.8, 4) is 45.3 Å². The lowest BCUT2D eigenvalue weighted by molar-refractivity contribution is 0.669. The summed E-state index contributed by atoms with van der Waals surface area (Å²) in [5.41, 5.74) is 9.63. The van der Waals surface area contributed by atoms with Gasteiger partial charge in [-0.25, -0.2) is 15.0 Å². The molecule has 11 aromatic rings. The average molecular weight is 743 g/mol. The van der Waals surface area contributed by atoms with E-state index in [1.807, 2.05) is 12.1 Å². The van der Waals surface area contributed by atoms with E-state index >= 15 is 0 Å². The lowest BCUT2D eigenvalue weighted by atomic mass is 10.0. The quantitative estimate of drug-likeness (QED) is 0.163. The molecule has 0 radical (unpaired) electrons. The van der Waals surface area contributed by atoms with E-state index in [9.17, 15) is 0 Å². The topological polar surface area (TPSA) is 55.1 Å². The second-order valence-electron chi connectivity index (χ2n) is 14.5. The van der Waals surface area contributed by atoms with Crippen molar-refractivity contribution < 1.29 is 4.42 Å². The molecule has 0 saturated carbocycles. The summed E-state index contributed by atoms with van der Waals surface area (Å²) in [6.07, 6.45) is 0. The van der Waals surface area contributed by atoms with Crippen molar-refractivity contribution in [2.24, 2.45) is 0 Å². The number of furan rings is 1. The molecule has 0 N–H and O–H groups in total. The summed E-state index contributed by atoms with van der Waals surface area (Å²) < 4.78 is 6.88. The summed E-state index contributed by atoms with van der Waals surface area (Å²) in [5, 5.41) is 6.65. The van der Waals surface area contributed by atoms with Crippen LogP contribution < -0.4 is 4.90 Å². The first-order valence-electron chi connectivity index (χ1n) is 19.4.